The zero-order valence-corrected chi connectivity index (χ0v) is 32.1. The van der Waals surface area contributed by atoms with Gasteiger partial charge in [-0.1, -0.05) is 97.1 Å². The van der Waals surface area contributed by atoms with Crippen LogP contribution < -0.4 is 0 Å². The maximum atomic E-state index is 6.41. The van der Waals surface area contributed by atoms with Gasteiger partial charge in [0, 0.05) is 44.0 Å². The van der Waals surface area contributed by atoms with Crippen LogP contribution in [0.2, 0.25) is 0 Å². The molecule has 0 unspecified atom stereocenters. The lowest BCUT2D eigenvalue weighted by Crippen LogP contribution is -1.93. The van der Waals surface area contributed by atoms with Crippen LogP contribution in [0.4, 0.5) is 0 Å². The van der Waals surface area contributed by atoms with Crippen LogP contribution >= 0.6 is 0 Å². The molecule has 0 atom stereocenters. The Balaban J connectivity index is 0.798. The lowest BCUT2D eigenvalue weighted by Gasteiger charge is -2.09. The summed E-state index contributed by atoms with van der Waals surface area (Å²) in [5, 5.41) is 7.50. The van der Waals surface area contributed by atoms with Crippen LogP contribution in [0.1, 0.15) is 0 Å². The summed E-state index contributed by atoms with van der Waals surface area (Å²) in [4.78, 5) is 9.74. The van der Waals surface area contributed by atoms with E-state index in [2.05, 4.69) is 185 Å². The summed E-state index contributed by atoms with van der Waals surface area (Å²) in [7, 11) is 0. The van der Waals surface area contributed by atoms with E-state index in [1.807, 2.05) is 18.2 Å². The molecule has 0 saturated carbocycles. The molecule has 0 fully saturated rings. The summed E-state index contributed by atoms with van der Waals surface area (Å²) >= 11 is 0. The van der Waals surface area contributed by atoms with Crippen LogP contribution in [0.25, 0.3) is 122 Å². The number of rotatable bonds is 5. The van der Waals surface area contributed by atoms with Gasteiger partial charge >= 0.3 is 0 Å². The number of benzene rings is 9. The molecule has 4 aromatic heterocycles. The highest BCUT2D eigenvalue weighted by Crippen LogP contribution is 2.38. The summed E-state index contributed by atoms with van der Waals surface area (Å²) in [6.07, 6.45) is 0. The number of fused-ring (bicyclic) bond motifs is 10. The molecule has 0 saturated heterocycles. The third-order valence-electron chi connectivity index (χ3n) is 12.0. The average Bonchev–Trinajstić information content (AvgIpc) is 4.09. The van der Waals surface area contributed by atoms with Gasteiger partial charge in [0.25, 0.3) is 0 Å². The first-order valence-corrected chi connectivity index (χ1v) is 20.1. The van der Waals surface area contributed by atoms with Crippen molar-refractivity contribution in [2.45, 2.75) is 0 Å². The smallest absolute Gasteiger partial charge is 0.227 e. The Bertz CT molecular complexity index is 3770. The van der Waals surface area contributed by atoms with E-state index in [4.69, 9.17) is 18.8 Å². The molecule has 0 N–H and O–H groups in total. The fourth-order valence-corrected chi connectivity index (χ4v) is 9.18. The largest absolute Gasteiger partial charge is 0.436 e. The summed E-state index contributed by atoms with van der Waals surface area (Å²) in [6.45, 7) is 0. The third kappa shape index (κ3) is 4.94. The lowest BCUT2D eigenvalue weighted by atomic mass is 10.0. The molecule has 0 aliphatic heterocycles. The van der Waals surface area contributed by atoms with Crippen LogP contribution in [0.5, 0.6) is 0 Å². The molecule has 0 aliphatic carbocycles. The third-order valence-corrected chi connectivity index (χ3v) is 12.0. The normalized spacial score (nSPS) is 12.0. The quantitative estimate of drug-likeness (QED) is 0.175. The molecule has 6 heteroatoms. The van der Waals surface area contributed by atoms with Gasteiger partial charge in [-0.05, 0) is 119 Å². The molecule has 0 bridgehead atoms. The molecule has 13 rings (SSSR count). The van der Waals surface area contributed by atoms with Crippen LogP contribution in [0.15, 0.2) is 203 Å². The van der Waals surface area contributed by atoms with E-state index in [0.29, 0.717) is 11.8 Å². The second-order valence-corrected chi connectivity index (χ2v) is 15.4. The molecule has 0 amide bonds. The molecular formula is C54H32N4O2. The summed E-state index contributed by atoms with van der Waals surface area (Å²) in [6, 6.07) is 68.0. The van der Waals surface area contributed by atoms with Crippen molar-refractivity contribution in [1.29, 1.82) is 0 Å². The fraction of sp³-hybridized carbons (Fsp3) is 0. The predicted octanol–water partition coefficient (Wildman–Crippen LogP) is 14.3. The molecule has 0 aliphatic rings. The molecule has 0 radical (unpaired) electrons. The van der Waals surface area contributed by atoms with Crippen LogP contribution in [0, 0.1) is 0 Å². The van der Waals surface area contributed by atoms with E-state index in [-0.39, 0.29) is 0 Å². The van der Waals surface area contributed by atoms with Gasteiger partial charge in [-0.15, -0.1) is 0 Å². The van der Waals surface area contributed by atoms with Crippen LogP contribution in [-0.2, 0) is 0 Å². The maximum Gasteiger partial charge on any atom is 0.227 e. The highest BCUT2D eigenvalue weighted by molar-refractivity contribution is 6.21. The van der Waals surface area contributed by atoms with Crippen LogP contribution in [-0.4, -0.2) is 19.1 Å². The van der Waals surface area contributed by atoms with E-state index in [0.717, 1.165) is 55.8 Å². The zero-order chi connectivity index (χ0) is 39.3. The molecule has 13 aromatic rings. The van der Waals surface area contributed by atoms with E-state index in [1.165, 1.54) is 54.4 Å². The number of hydrogen-bond donors (Lipinski definition) is 0. The van der Waals surface area contributed by atoms with Crippen molar-refractivity contribution in [3.05, 3.63) is 194 Å². The van der Waals surface area contributed by atoms with Crippen molar-refractivity contribution in [3.8, 4) is 45.4 Å². The zero-order valence-electron chi connectivity index (χ0n) is 32.1. The first kappa shape index (κ1) is 32.8. The van der Waals surface area contributed by atoms with Gasteiger partial charge in [0.1, 0.15) is 11.0 Å². The van der Waals surface area contributed by atoms with Gasteiger partial charge in [-0.2, -0.15) is 0 Å². The maximum absolute atomic E-state index is 6.41. The Morgan fingerprint density at radius 3 is 1.32 bits per heavy atom. The standard InChI is InChI=1S/C54H32N4O2/c1-2-10-40-33(9-1)23-30-49-52(40)43-13-5-8-16-48(43)58(49)39-26-19-35(20-27-39)54-56-45-29-22-37(32-51(45)60-54)36-21-28-44-50(31-36)59-53(55-44)34-17-24-38(25-18-34)57-46-14-6-3-11-41(46)42-12-4-7-15-47(42)57/h1-32H. The number of aromatic nitrogens is 4. The SMILES string of the molecule is c1ccc2c(c1)ccc1c2c2ccccc2n1-c1ccc(-c2nc3ccc(-c4ccc5nc(-c6ccc(-n7c8ccccc8c8ccccc87)cc6)oc5c4)cc3o2)cc1. The van der Waals surface area contributed by atoms with Crippen molar-refractivity contribution in [2.75, 3.05) is 0 Å². The minimum atomic E-state index is 0.585. The first-order valence-electron chi connectivity index (χ1n) is 20.1. The van der Waals surface area contributed by atoms with Gasteiger partial charge in [-0.25, -0.2) is 9.97 Å². The van der Waals surface area contributed by atoms with E-state index in [9.17, 15) is 0 Å². The summed E-state index contributed by atoms with van der Waals surface area (Å²) in [5.74, 6) is 1.17. The van der Waals surface area contributed by atoms with Crippen molar-refractivity contribution in [1.82, 2.24) is 19.1 Å². The van der Waals surface area contributed by atoms with Gasteiger partial charge in [0.15, 0.2) is 11.2 Å². The van der Waals surface area contributed by atoms with Crippen molar-refractivity contribution in [3.63, 3.8) is 0 Å². The second-order valence-electron chi connectivity index (χ2n) is 15.4. The summed E-state index contributed by atoms with van der Waals surface area (Å²) < 4.78 is 17.5. The highest BCUT2D eigenvalue weighted by atomic mass is 16.4. The Kier molecular flexibility index (Phi) is 6.91. The molecular weight excluding hydrogens is 737 g/mol. The number of oxazole rings is 2. The molecule has 9 aromatic carbocycles. The first-order chi connectivity index (χ1) is 29.7. The average molecular weight is 769 g/mol. The van der Waals surface area contributed by atoms with Gasteiger partial charge in [0.05, 0.1) is 22.1 Å². The van der Waals surface area contributed by atoms with E-state index < -0.39 is 0 Å². The molecule has 4 heterocycles. The van der Waals surface area contributed by atoms with Crippen molar-refractivity contribution < 1.29 is 8.83 Å². The van der Waals surface area contributed by atoms with Crippen molar-refractivity contribution >= 4 is 76.6 Å². The predicted molar refractivity (Wildman–Crippen MR) is 244 cm³/mol. The molecule has 0 spiro atoms. The fourth-order valence-electron chi connectivity index (χ4n) is 9.18. The number of para-hydroxylation sites is 3. The molecule has 6 nitrogen and oxygen atoms in total. The molecule has 60 heavy (non-hydrogen) atoms. The second kappa shape index (κ2) is 12.6. The Morgan fingerprint density at radius 1 is 0.333 bits per heavy atom. The Morgan fingerprint density at radius 2 is 0.767 bits per heavy atom. The minimum Gasteiger partial charge on any atom is -0.436 e. The van der Waals surface area contributed by atoms with Crippen LogP contribution in [0.3, 0.4) is 0 Å². The van der Waals surface area contributed by atoms with E-state index in [1.54, 1.807) is 0 Å². The molecule has 280 valence electrons. The number of nitrogens with zero attached hydrogens (tertiary/aromatic N) is 4. The van der Waals surface area contributed by atoms with Crippen molar-refractivity contribution in [2.24, 2.45) is 0 Å². The Labute approximate surface area is 342 Å². The van der Waals surface area contributed by atoms with Gasteiger partial charge < -0.3 is 18.0 Å². The topological polar surface area (TPSA) is 61.9 Å². The lowest BCUT2D eigenvalue weighted by molar-refractivity contribution is 0.619. The highest BCUT2D eigenvalue weighted by Gasteiger charge is 2.17. The monoisotopic (exact) mass is 768 g/mol. The van der Waals surface area contributed by atoms with Gasteiger partial charge in [-0.3, -0.25) is 0 Å². The summed E-state index contributed by atoms with van der Waals surface area (Å²) in [5.41, 5.74) is 13.8. The number of hydrogen-bond acceptors (Lipinski definition) is 4. The Hall–Kier alpha value is -8.22. The van der Waals surface area contributed by atoms with E-state index >= 15 is 0 Å². The van der Waals surface area contributed by atoms with Gasteiger partial charge in [0.2, 0.25) is 11.8 Å². The minimum absolute atomic E-state index is 0.585.